The molecule has 1 aromatic carbocycles. The number of hydrogen-bond donors (Lipinski definition) is 1. The van der Waals surface area contributed by atoms with Crippen molar-refractivity contribution in [2.45, 2.75) is 18.9 Å². The Morgan fingerprint density at radius 3 is 2.81 bits per heavy atom. The van der Waals surface area contributed by atoms with E-state index in [2.05, 4.69) is 27.9 Å². The molecule has 1 aliphatic rings. The smallest absolute Gasteiger partial charge is 0.251 e. The highest BCUT2D eigenvalue weighted by molar-refractivity contribution is 14.1. The highest BCUT2D eigenvalue weighted by atomic mass is 127. The Bertz CT molecular complexity index is 358. The van der Waals surface area contributed by atoms with Crippen LogP contribution in [0.5, 0.6) is 0 Å². The molecule has 16 heavy (non-hydrogen) atoms. The summed E-state index contributed by atoms with van der Waals surface area (Å²) in [6, 6.07) is 7.54. The normalized spacial score (nSPS) is 19.7. The summed E-state index contributed by atoms with van der Waals surface area (Å²) in [6.45, 7) is 1.44. The second-order valence-electron chi connectivity index (χ2n) is 3.85. The van der Waals surface area contributed by atoms with Crippen LogP contribution in [0.4, 0.5) is 0 Å². The lowest BCUT2D eigenvalue weighted by Crippen LogP contribution is -2.31. The zero-order valence-corrected chi connectivity index (χ0v) is 11.1. The molecule has 0 radical (unpaired) electrons. The minimum absolute atomic E-state index is 0.0214. The van der Waals surface area contributed by atoms with Crippen molar-refractivity contribution >= 4 is 28.5 Å². The van der Waals surface area contributed by atoms with Gasteiger partial charge in [0.15, 0.2) is 0 Å². The van der Waals surface area contributed by atoms with E-state index in [1.165, 1.54) is 0 Å². The molecule has 1 saturated heterocycles. The van der Waals surface area contributed by atoms with Gasteiger partial charge < -0.3 is 10.1 Å². The fourth-order valence-electron chi connectivity index (χ4n) is 1.72. The van der Waals surface area contributed by atoms with Crippen LogP contribution in [0.3, 0.4) is 0 Å². The largest absolute Gasteiger partial charge is 0.376 e. The summed E-state index contributed by atoms with van der Waals surface area (Å²) in [4.78, 5) is 11.7. The predicted octanol–water partition coefficient (Wildman–Crippen LogP) is 2.20. The first-order valence-electron chi connectivity index (χ1n) is 5.41. The van der Waals surface area contributed by atoms with Crippen molar-refractivity contribution < 1.29 is 9.53 Å². The molecule has 3 nitrogen and oxygen atoms in total. The lowest BCUT2D eigenvalue weighted by atomic mass is 10.2. The van der Waals surface area contributed by atoms with Crippen LogP contribution in [0.2, 0.25) is 0 Å². The van der Waals surface area contributed by atoms with E-state index in [0.717, 1.165) is 23.0 Å². The molecule has 1 N–H and O–H groups in total. The van der Waals surface area contributed by atoms with Crippen LogP contribution < -0.4 is 5.32 Å². The van der Waals surface area contributed by atoms with Crippen LogP contribution in [0.1, 0.15) is 23.2 Å². The number of carbonyl (C=O) groups is 1. The van der Waals surface area contributed by atoms with Crippen LogP contribution in [-0.2, 0) is 4.74 Å². The van der Waals surface area contributed by atoms with E-state index >= 15 is 0 Å². The molecule has 1 atom stereocenters. The predicted molar refractivity (Wildman–Crippen MR) is 70.5 cm³/mol. The van der Waals surface area contributed by atoms with Gasteiger partial charge in [-0.2, -0.15) is 0 Å². The van der Waals surface area contributed by atoms with E-state index < -0.39 is 0 Å². The Balaban J connectivity index is 1.85. The third-order valence-electron chi connectivity index (χ3n) is 2.62. The molecule has 0 unspecified atom stereocenters. The van der Waals surface area contributed by atoms with Gasteiger partial charge in [-0.15, -0.1) is 0 Å². The number of nitrogens with one attached hydrogen (secondary N) is 1. The third-order valence-corrected chi connectivity index (χ3v) is 3.34. The van der Waals surface area contributed by atoms with Gasteiger partial charge >= 0.3 is 0 Å². The Morgan fingerprint density at radius 1 is 1.44 bits per heavy atom. The number of hydrogen-bond acceptors (Lipinski definition) is 2. The van der Waals surface area contributed by atoms with Crippen LogP contribution in [-0.4, -0.2) is 25.2 Å². The van der Waals surface area contributed by atoms with Crippen molar-refractivity contribution in [1.82, 2.24) is 5.32 Å². The Labute approximate surface area is 109 Å². The molecule has 86 valence electrons. The second kappa shape index (κ2) is 5.63. The van der Waals surface area contributed by atoms with Crippen molar-refractivity contribution in [2.75, 3.05) is 13.2 Å². The SMILES string of the molecule is O=C(NC[C@@H]1CCCO1)c1ccc(I)cc1. The summed E-state index contributed by atoms with van der Waals surface area (Å²) < 4.78 is 6.58. The van der Waals surface area contributed by atoms with Crippen molar-refractivity contribution in [2.24, 2.45) is 0 Å². The van der Waals surface area contributed by atoms with Gasteiger partial charge in [-0.25, -0.2) is 0 Å². The van der Waals surface area contributed by atoms with Gasteiger partial charge in [0, 0.05) is 22.3 Å². The minimum atomic E-state index is -0.0214. The number of rotatable bonds is 3. The highest BCUT2D eigenvalue weighted by Crippen LogP contribution is 2.11. The Kier molecular flexibility index (Phi) is 4.17. The molecular formula is C12H14INO2. The average Bonchev–Trinajstić information content (AvgIpc) is 2.80. The molecule has 0 spiro atoms. The first-order valence-corrected chi connectivity index (χ1v) is 6.49. The topological polar surface area (TPSA) is 38.3 Å². The fourth-order valence-corrected chi connectivity index (χ4v) is 2.07. The van der Waals surface area contributed by atoms with Gasteiger partial charge in [0.1, 0.15) is 0 Å². The Morgan fingerprint density at radius 2 is 2.19 bits per heavy atom. The highest BCUT2D eigenvalue weighted by Gasteiger charge is 2.16. The van der Waals surface area contributed by atoms with E-state index in [1.807, 2.05) is 24.3 Å². The van der Waals surface area contributed by atoms with Crippen molar-refractivity contribution in [3.05, 3.63) is 33.4 Å². The zero-order chi connectivity index (χ0) is 11.4. The van der Waals surface area contributed by atoms with Gasteiger partial charge in [0.2, 0.25) is 0 Å². The molecule has 1 aromatic rings. The maximum Gasteiger partial charge on any atom is 0.251 e. The molecule has 0 aromatic heterocycles. The third kappa shape index (κ3) is 3.18. The van der Waals surface area contributed by atoms with E-state index in [4.69, 9.17) is 4.74 Å². The average molecular weight is 331 g/mol. The molecule has 2 rings (SSSR count). The fraction of sp³-hybridized carbons (Fsp3) is 0.417. The lowest BCUT2D eigenvalue weighted by molar-refractivity contribution is 0.0858. The number of carbonyl (C=O) groups excluding carboxylic acids is 1. The van der Waals surface area contributed by atoms with Crippen LogP contribution in [0, 0.1) is 3.57 Å². The van der Waals surface area contributed by atoms with Gasteiger partial charge in [0.05, 0.1) is 6.10 Å². The molecule has 0 saturated carbocycles. The van der Waals surface area contributed by atoms with Gasteiger partial charge in [0.25, 0.3) is 5.91 Å². The van der Waals surface area contributed by atoms with E-state index in [-0.39, 0.29) is 12.0 Å². The van der Waals surface area contributed by atoms with Gasteiger partial charge in [-0.1, -0.05) is 0 Å². The Hall–Kier alpha value is -0.620. The quantitative estimate of drug-likeness (QED) is 0.863. The summed E-state index contributed by atoms with van der Waals surface area (Å²) in [5.41, 5.74) is 0.707. The van der Waals surface area contributed by atoms with Crippen molar-refractivity contribution in [3.63, 3.8) is 0 Å². The van der Waals surface area contributed by atoms with Crippen LogP contribution >= 0.6 is 22.6 Å². The summed E-state index contributed by atoms with van der Waals surface area (Å²) in [6.07, 6.45) is 2.35. The summed E-state index contributed by atoms with van der Waals surface area (Å²) in [5.74, 6) is -0.0214. The van der Waals surface area contributed by atoms with Crippen LogP contribution in [0.25, 0.3) is 0 Å². The van der Waals surface area contributed by atoms with E-state index in [0.29, 0.717) is 12.1 Å². The first kappa shape index (κ1) is 11.9. The maximum absolute atomic E-state index is 11.7. The maximum atomic E-state index is 11.7. The molecule has 0 bridgehead atoms. The summed E-state index contributed by atoms with van der Waals surface area (Å²) >= 11 is 2.22. The number of halogens is 1. The zero-order valence-electron chi connectivity index (χ0n) is 8.91. The first-order chi connectivity index (χ1) is 7.75. The number of benzene rings is 1. The number of ether oxygens (including phenoxy) is 1. The summed E-state index contributed by atoms with van der Waals surface area (Å²) in [5, 5.41) is 2.89. The lowest BCUT2D eigenvalue weighted by Gasteiger charge is -2.10. The van der Waals surface area contributed by atoms with Crippen molar-refractivity contribution in [3.8, 4) is 0 Å². The van der Waals surface area contributed by atoms with Gasteiger partial charge in [-0.3, -0.25) is 4.79 Å². The standard InChI is InChI=1S/C12H14INO2/c13-10-5-3-9(4-6-10)12(15)14-8-11-2-1-7-16-11/h3-6,11H,1-2,7-8H2,(H,14,15)/t11-/m0/s1. The molecule has 1 amide bonds. The molecule has 0 aliphatic carbocycles. The van der Waals surface area contributed by atoms with Crippen molar-refractivity contribution in [1.29, 1.82) is 0 Å². The van der Waals surface area contributed by atoms with Gasteiger partial charge in [-0.05, 0) is 59.7 Å². The molecular weight excluding hydrogens is 317 g/mol. The molecule has 1 heterocycles. The molecule has 4 heteroatoms. The molecule has 1 fully saturated rings. The van der Waals surface area contributed by atoms with Crippen LogP contribution in [0.15, 0.2) is 24.3 Å². The number of amides is 1. The summed E-state index contributed by atoms with van der Waals surface area (Å²) in [7, 11) is 0. The molecule has 1 aliphatic heterocycles. The van der Waals surface area contributed by atoms with E-state index in [1.54, 1.807) is 0 Å². The second-order valence-corrected chi connectivity index (χ2v) is 5.10. The minimum Gasteiger partial charge on any atom is -0.376 e. The van der Waals surface area contributed by atoms with E-state index in [9.17, 15) is 4.79 Å². The monoisotopic (exact) mass is 331 g/mol.